The molecule has 0 atom stereocenters. The lowest BCUT2D eigenvalue weighted by Crippen LogP contribution is -2.10. The number of pyridine rings is 1. The lowest BCUT2D eigenvalue weighted by molar-refractivity contribution is 0.100. The van der Waals surface area contributed by atoms with Crippen LogP contribution in [0.15, 0.2) is 42.7 Å². The van der Waals surface area contributed by atoms with Gasteiger partial charge in [0.1, 0.15) is 0 Å². The van der Waals surface area contributed by atoms with Crippen LogP contribution < -0.4 is 11.1 Å². The van der Waals surface area contributed by atoms with Crippen LogP contribution in [0.5, 0.6) is 0 Å². The van der Waals surface area contributed by atoms with Gasteiger partial charge in [0, 0.05) is 18.3 Å². The van der Waals surface area contributed by atoms with Crippen molar-refractivity contribution >= 4 is 11.6 Å². The van der Waals surface area contributed by atoms with E-state index in [2.05, 4.69) is 10.3 Å². The number of hydrogen-bond donors (Lipinski definition) is 2. The number of anilines is 1. The number of carbonyl (C=O) groups is 1. The third-order valence-electron chi connectivity index (χ3n) is 2.76. The number of aryl methyl sites for hydroxylation is 1. The quantitative estimate of drug-likeness (QED) is 0.861. The molecule has 2 aromatic rings. The number of carbonyl (C=O) groups excluding carboxylic acids is 1. The van der Waals surface area contributed by atoms with Crippen molar-refractivity contribution in [3.63, 3.8) is 0 Å². The van der Waals surface area contributed by atoms with E-state index < -0.39 is 5.91 Å². The van der Waals surface area contributed by atoms with E-state index >= 15 is 0 Å². The molecule has 1 aromatic carbocycles. The van der Waals surface area contributed by atoms with E-state index in [1.54, 1.807) is 24.5 Å². The third-order valence-corrected chi connectivity index (χ3v) is 2.76. The van der Waals surface area contributed by atoms with Crippen LogP contribution in [0.2, 0.25) is 0 Å². The van der Waals surface area contributed by atoms with Crippen LogP contribution in [0.3, 0.4) is 0 Å². The zero-order valence-electron chi connectivity index (χ0n) is 10.2. The molecule has 18 heavy (non-hydrogen) atoms. The van der Waals surface area contributed by atoms with Gasteiger partial charge in [0.15, 0.2) is 0 Å². The zero-order chi connectivity index (χ0) is 13.0. The van der Waals surface area contributed by atoms with E-state index in [4.69, 9.17) is 5.73 Å². The van der Waals surface area contributed by atoms with Crippen molar-refractivity contribution in [3.05, 3.63) is 59.4 Å². The van der Waals surface area contributed by atoms with Gasteiger partial charge in [-0.1, -0.05) is 12.1 Å². The molecule has 0 fully saturated rings. The lowest BCUT2D eigenvalue weighted by atomic mass is 10.1. The predicted molar refractivity (Wildman–Crippen MR) is 71.3 cm³/mol. The Labute approximate surface area is 106 Å². The van der Waals surface area contributed by atoms with Crippen LogP contribution in [0.25, 0.3) is 0 Å². The van der Waals surface area contributed by atoms with Crippen LogP contribution in [-0.4, -0.2) is 10.9 Å². The summed E-state index contributed by atoms with van der Waals surface area (Å²) in [5.74, 6) is -0.405. The molecule has 1 aromatic heterocycles. The molecule has 1 heterocycles. The molecule has 0 aliphatic rings. The minimum atomic E-state index is -0.405. The predicted octanol–water partition coefficient (Wildman–Crippen LogP) is 2.10. The van der Waals surface area contributed by atoms with Crippen molar-refractivity contribution < 1.29 is 4.79 Å². The molecule has 0 saturated heterocycles. The van der Waals surface area contributed by atoms with Crippen molar-refractivity contribution in [3.8, 4) is 0 Å². The first kappa shape index (κ1) is 12.1. The Bertz CT molecular complexity index is 549. The maximum absolute atomic E-state index is 10.9. The average molecular weight is 241 g/mol. The van der Waals surface area contributed by atoms with Gasteiger partial charge in [-0.25, -0.2) is 0 Å². The molecule has 0 aliphatic heterocycles. The summed E-state index contributed by atoms with van der Waals surface area (Å²) in [6.07, 6.45) is 3.56. The van der Waals surface area contributed by atoms with Gasteiger partial charge in [-0.05, 0) is 36.2 Å². The molecule has 4 nitrogen and oxygen atoms in total. The maximum atomic E-state index is 10.9. The van der Waals surface area contributed by atoms with E-state index in [0.717, 1.165) is 16.8 Å². The van der Waals surface area contributed by atoms with Crippen LogP contribution in [0.1, 0.15) is 21.5 Å². The second-order valence-electron chi connectivity index (χ2n) is 4.11. The maximum Gasteiger partial charge on any atom is 0.248 e. The number of nitrogens with two attached hydrogens (primary N) is 1. The number of hydrogen-bond acceptors (Lipinski definition) is 3. The summed E-state index contributed by atoms with van der Waals surface area (Å²) in [6.45, 7) is 2.71. The highest BCUT2D eigenvalue weighted by Gasteiger charge is 2.00. The van der Waals surface area contributed by atoms with Gasteiger partial charge in [0.05, 0.1) is 11.9 Å². The van der Waals surface area contributed by atoms with Gasteiger partial charge < -0.3 is 11.1 Å². The summed E-state index contributed by atoms with van der Waals surface area (Å²) in [6, 6.07) is 9.20. The topological polar surface area (TPSA) is 68.0 Å². The summed E-state index contributed by atoms with van der Waals surface area (Å²) in [5.41, 5.74) is 8.96. The van der Waals surface area contributed by atoms with Crippen LogP contribution in [-0.2, 0) is 6.54 Å². The van der Waals surface area contributed by atoms with Crippen molar-refractivity contribution in [1.29, 1.82) is 0 Å². The van der Waals surface area contributed by atoms with Crippen LogP contribution in [0, 0.1) is 6.92 Å². The third kappa shape index (κ3) is 2.85. The molecule has 4 heteroatoms. The Hall–Kier alpha value is -2.36. The average Bonchev–Trinajstić information content (AvgIpc) is 2.38. The van der Waals surface area contributed by atoms with Crippen LogP contribution in [0.4, 0.5) is 5.69 Å². The molecule has 0 radical (unpaired) electrons. The van der Waals surface area contributed by atoms with Crippen LogP contribution >= 0.6 is 0 Å². The number of nitrogens with zero attached hydrogens (tertiary/aromatic N) is 1. The van der Waals surface area contributed by atoms with Gasteiger partial charge >= 0.3 is 0 Å². The number of rotatable bonds is 4. The molecular weight excluding hydrogens is 226 g/mol. The summed E-state index contributed by atoms with van der Waals surface area (Å²) < 4.78 is 0. The molecule has 2 rings (SSSR count). The molecule has 0 aliphatic carbocycles. The van der Waals surface area contributed by atoms with E-state index in [1.165, 1.54) is 0 Å². The molecule has 0 bridgehead atoms. The second kappa shape index (κ2) is 5.31. The van der Waals surface area contributed by atoms with E-state index in [1.807, 2.05) is 25.1 Å². The minimum absolute atomic E-state index is 0.405. The van der Waals surface area contributed by atoms with Gasteiger partial charge in [0.25, 0.3) is 0 Å². The summed E-state index contributed by atoms with van der Waals surface area (Å²) in [5, 5.41) is 3.30. The first-order chi connectivity index (χ1) is 8.66. The van der Waals surface area contributed by atoms with Crippen molar-refractivity contribution in [1.82, 2.24) is 4.98 Å². The second-order valence-corrected chi connectivity index (χ2v) is 4.11. The molecule has 92 valence electrons. The van der Waals surface area contributed by atoms with E-state index in [-0.39, 0.29) is 0 Å². The van der Waals surface area contributed by atoms with E-state index in [9.17, 15) is 4.79 Å². The first-order valence-corrected chi connectivity index (χ1v) is 5.70. The SMILES string of the molecule is Cc1ccncc1NCc1ccc(C(N)=O)cc1. The highest BCUT2D eigenvalue weighted by Crippen LogP contribution is 2.13. The molecule has 0 unspecified atom stereocenters. The summed E-state index contributed by atoms with van der Waals surface area (Å²) >= 11 is 0. The van der Waals surface area contributed by atoms with E-state index in [0.29, 0.717) is 12.1 Å². The smallest absolute Gasteiger partial charge is 0.248 e. The van der Waals surface area contributed by atoms with Gasteiger partial charge in [-0.2, -0.15) is 0 Å². The fourth-order valence-corrected chi connectivity index (χ4v) is 1.63. The Morgan fingerprint density at radius 2 is 2.00 bits per heavy atom. The molecule has 3 N–H and O–H groups in total. The largest absolute Gasteiger partial charge is 0.380 e. The number of aromatic nitrogens is 1. The summed E-state index contributed by atoms with van der Waals surface area (Å²) in [4.78, 5) is 15.0. The monoisotopic (exact) mass is 241 g/mol. The fourth-order valence-electron chi connectivity index (χ4n) is 1.63. The van der Waals surface area contributed by atoms with Crippen molar-refractivity contribution in [2.75, 3.05) is 5.32 Å². The standard InChI is InChI=1S/C14H15N3O/c1-10-6-7-16-9-13(10)17-8-11-2-4-12(5-3-11)14(15)18/h2-7,9,17H,8H2,1H3,(H2,15,18). The lowest BCUT2D eigenvalue weighted by Gasteiger charge is -2.08. The first-order valence-electron chi connectivity index (χ1n) is 5.70. The number of benzene rings is 1. The van der Waals surface area contributed by atoms with Gasteiger partial charge in [0.2, 0.25) is 5.91 Å². The number of primary amides is 1. The van der Waals surface area contributed by atoms with Gasteiger partial charge in [-0.3, -0.25) is 9.78 Å². The Morgan fingerprint density at radius 3 is 2.61 bits per heavy atom. The molecular formula is C14H15N3O. The zero-order valence-corrected chi connectivity index (χ0v) is 10.2. The van der Waals surface area contributed by atoms with Crippen molar-refractivity contribution in [2.45, 2.75) is 13.5 Å². The number of amides is 1. The fraction of sp³-hybridized carbons (Fsp3) is 0.143. The Kier molecular flexibility index (Phi) is 3.57. The number of nitrogens with one attached hydrogen (secondary N) is 1. The Balaban J connectivity index is 2.02. The Morgan fingerprint density at radius 1 is 1.28 bits per heavy atom. The van der Waals surface area contributed by atoms with Crippen molar-refractivity contribution in [2.24, 2.45) is 5.73 Å². The normalized spacial score (nSPS) is 10.1. The molecule has 0 saturated carbocycles. The molecule has 1 amide bonds. The summed E-state index contributed by atoms with van der Waals surface area (Å²) in [7, 11) is 0. The highest BCUT2D eigenvalue weighted by atomic mass is 16.1. The highest BCUT2D eigenvalue weighted by molar-refractivity contribution is 5.92. The van der Waals surface area contributed by atoms with Gasteiger partial charge in [-0.15, -0.1) is 0 Å². The minimum Gasteiger partial charge on any atom is -0.380 e. The molecule has 0 spiro atoms.